The smallest absolute Gasteiger partial charge is 0.239 e. The number of carbonyl (C=O) groups excluding carboxylic acids is 1. The zero-order valence-electron chi connectivity index (χ0n) is 8.06. The van der Waals surface area contributed by atoms with E-state index in [1.54, 1.807) is 11.9 Å². The van der Waals surface area contributed by atoms with Gasteiger partial charge in [0, 0.05) is 20.1 Å². The van der Waals surface area contributed by atoms with Gasteiger partial charge < -0.3 is 10.2 Å². The van der Waals surface area contributed by atoms with E-state index in [9.17, 15) is 13.2 Å². The third-order valence-electron chi connectivity index (χ3n) is 2.20. The van der Waals surface area contributed by atoms with E-state index in [1.165, 1.54) is 0 Å². The lowest BCUT2D eigenvalue weighted by molar-refractivity contribution is -0.128. The van der Waals surface area contributed by atoms with E-state index in [2.05, 4.69) is 5.32 Å². The van der Waals surface area contributed by atoms with Crippen molar-refractivity contribution in [1.82, 2.24) is 10.2 Å². The first-order valence-corrected chi connectivity index (χ1v) is 6.10. The van der Waals surface area contributed by atoms with Crippen LogP contribution in [0, 0.1) is 0 Å². The highest BCUT2D eigenvalue weighted by Crippen LogP contribution is 2.07. The van der Waals surface area contributed by atoms with Crippen LogP contribution in [0.15, 0.2) is 0 Å². The van der Waals surface area contributed by atoms with Gasteiger partial charge in [-0.25, -0.2) is 13.6 Å². The molecular formula is C7H15N3O3S. The van der Waals surface area contributed by atoms with Crippen molar-refractivity contribution in [1.29, 1.82) is 0 Å². The van der Waals surface area contributed by atoms with Crippen LogP contribution < -0.4 is 10.5 Å². The fourth-order valence-electron chi connectivity index (χ4n) is 1.39. The van der Waals surface area contributed by atoms with Crippen LogP contribution >= 0.6 is 0 Å². The highest BCUT2D eigenvalue weighted by molar-refractivity contribution is 7.89. The molecule has 1 aliphatic heterocycles. The minimum Gasteiger partial charge on any atom is -0.344 e. The molecular weight excluding hydrogens is 206 g/mol. The third kappa shape index (κ3) is 3.24. The maximum absolute atomic E-state index is 11.3. The number of sulfonamides is 1. The topological polar surface area (TPSA) is 92.5 Å². The van der Waals surface area contributed by atoms with Gasteiger partial charge in [-0.05, 0) is 6.42 Å². The molecule has 1 saturated heterocycles. The second kappa shape index (κ2) is 4.24. The maximum atomic E-state index is 11.3. The Hall–Kier alpha value is -0.660. The summed E-state index contributed by atoms with van der Waals surface area (Å²) in [6, 6.07) is -0.248. The number of rotatable bonds is 4. The Morgan fingerprint density at radius 3 is 2.71 bits per heavy atom. The normalized spacial score (nSPS) is 23.1. The first-order valence-electron chi connectivity index (χ1n) is 4.39. The molecule has 0 saturated carbocycles. The molecule has 0 aromatic heterocycles. The standard InChI is InChI=1S/C7H15N3O3S/c1-10-4-2-6(7(10)11)9-3-5-14(8,12)13/h6,9H,2-5H2,1H3,(H2,8,12,13). The fraction of sp³-hybridized carbons (Fsp3) is 0.857. The number of amides is 1. The summed E-state index contributed by atoms with van der Waals surface area (Å²) in [4.78, 5) is 13.0. The van der Waals surface area contributed by atoms with Crippen LogP contribution in [0.4, 0.5) is 0 Å². The predicted octanol–water partition coefficient (Wildman–Crippen LogP) is -1.90. The largest absolute Gasteiger partial charge is 0.344 e. The van der Waals surface area contributed by atoms with E-state index in [1.807, 2.05) is 0 Å². The van der Waals surface area contributed by atoms with E-state index in [-0.39, 0.29) is 24.2 Å². The number of nitrogens with two attached hydrogens (primary N) is 1. The van der Waals surface area contributed by atoms with Crippen LogP contribution in [0.2, 0.25) is 0 Å². The van der Waals surface area contributed by atoms with Crippen molar-refractivity contribution in [3.8, 4) is 0 Å². The number of likely N-dealkylation sites (N-methyl/N-ethyl adjacent to an activating group) is 1. The van der Waals surface area contributed by atoms with Gasteiger partial charge in [0.25, 0.3) is 0 Å². The molecule has 1 amide bonds. The number of carbonyl (C=O) groups is 1. The molecule has 7 heteroatoms. The van der Waals surface area contributed by atoms with Gasteiger partial charge in [0.1, 0.15) is 0 Å². The molecule has 0 aliphatic carbocycles. The van der Waals surface area contributed by atoms with Crippen molar-refractivity contribution < 1.29 is 13.2 Å². The van der Waals surface area contributed by atoms with Crippen molar-refractivity contribution in [2.75, 3.05) is 25.9 Å². The molecule has 1 atom stereocenters. The average molecular weight is 221 g/mol. The Kier molecular flexibility index (Phi) is 3.46. The van der Waals surface area contributed by atoms with Crippen LogP contribution in [-0.2, 0) is 14.8 Å². The molecule has 1 unspecified atom stereocenters. The van der Waals surface area contributed by atoms with Gasteiger partial charge in [-0.3, -0.25) is 4.79 Å². The lowest BCUT2D eigenvalue weighted by Crippen LogP contribution is -2.39. The van der Waals surface area contributed by atoms with E-state index in [0.717, 1.165) is 6.42 Å². The van der Waals surface area contributed by atoms with Crippen molar-refractivity contribution >= 4 is 15.9 Å². The van der Waals surface area contributed by atoms with Crippen LogP contribution in [0.3, 0.4) is 0 Å². The lowest BCUT2D eigenvalue weighted by Gasteiger charge is -2.11. The van der Waals surface area contributed by atoms with Crippen molar-refractivity contribution in [3.05, 3.63) is 0 Å². The number of nitrogens with one attached hydrogen (secondary N) is 1. The predicted molar refractivity (Wildman–Crippen MR) is 52.0 cm³/mol. The minimum atomic E-state index is -3.43. The van der Waals surface area contributed by atoms with Crippen LogP contribution in [0.25, 0.3) is 0 Å². The van der Waals surface area contributed by atoms with Crippen LogP contribution in [-0.4, -0.2) is 51.2 Å². The second-order valence-electron chi connectivity index (χ2n) is 3.42. The van der Waals surface area contributed by atoms with Gasteiger partial charge >= 0.3 is 0 Å². The molecule has 82 valence electrons. The summed E-state index contributed by atoms with van der Waals surface area (Å²) in [5, 5.41) is 7.69. The van der Waals surface area contributed by atoms with Crippen LogP contribution in [0.5, 0.6) is 0 Å². The highest BCUT2D eigenvalue weighted by Gasteiger charge is 2.28. The third-order valence-corrected chi connectivity index (χ3v) is 2.98. The molecule has 1 heterocycles. The molecule has 0 radical (unpaired) electrons. The van der Waals surface area contributed by atoms with Crippen molar-refractivity contribution in [2.24, 2.45) is 5.14 Å². The summed E-state index contributed by atoms with van der Waals surface area (Å²) in [5.74, 6) is -0.125. The van der Waals surface area contributed by atoms with Gasteiger partial charge in [-0.1, -0.05) is 0 Å². The summed E-state index contributed by atoms with van der Waals surface area (Å²) >= 11 is 0. The molecule has 3 N–H and O–H groups in total. The fourth-order valence-corrected chi connectivity index (χ4v) is 1.79. The molecule has 0 aromatic carbocycles. The lowest BCUT2D eigenvalue weighted by atomic mass is 10.2. The molecule has 1 rings (SSSR count). The number of primary sulfonamides is 1. The molecule has 0 spiro atoms. The van der Waals surface area contributed by atoms with Crippen molar-refractivity contribution in [2.45, 2.75) is 12.5 Å². The molecule has 1 aliphatic rings. The average Bonchev–Trinajstić information content (AvgIpc) is 2.33. The monoisotopic (exact) mass is 221 g/mol. The minimum absolute atomic E-state index is 0.0134. The van der Waals surface area contributed by atoms with E-state index in [0.29, 0.717) is 6.54 Å². The number of hydrogen-bond acceptors (Lipinski definition) is 4. The van der Waals surface area contributed by atoms with E-state index >= 15 is 0 Å². The molecule has 1 fully saturated rings. The number of hydrogen-bond donors (Lipinski definition) is 2. The Labute approximate surface area is 83.5 Å². The molecule has 6 nitrogen and oxygen atoms in total. The van der Waals surface area contributed by atoms with Gasteiger partial charge in [0.2, 0.25) is 15.9 Å². The summed E-state index contributed by atoms with van der Waals surface area (Å²) < 4.78 is 21.2. The second-order valence-corrected chi connectivity index (χ2v) is 5.16. The summed E-state index contributed by atoms with van der Waals surface area (Å²) in [6.07, 6.45) is 0.722. The SMILES string of the molecule is CN1CCC(NCCS(N)(=O)=O)C1=O. The molecule has 0 aromatic rings. The summed E-state index contributed by atoms with van der Waals surface area (Å²) in [5.41, 5.74) is 0. The van der Waals surface area contributed by atoms with Gasteiger partial charge in [-0.2, -0.15) is 0 Å². The Balaban J connectivity index is 2.30. The first-order chi connectivity index (χ1) is 6.40. The highest BCUT2D eigenvalue weighted by atomic mass is 32.2. The van der Waals surface area contributed by atoms with Gasteiger partial charge in [0.05, 0.1) is 11.8 Å². The van der Waals surface area contributed by atoms with Gasteiger partial charge in [0.15, 0.2) is 0 Å². The summed E-state index contributed by atoms with van der Waals surface area (Å²) in [6.45, 7) is 0.939. The quantitative estimate of drug-likeness (QED) is 0.579. The summed E-state index contributed by atoms with van der Waals surface area (Å²) in [7, 11) is -1.71. The Morgan fingerprint density at radius 1 is 1.64 bits per heavy atom. The van der Waals surface area contributed by atoms with Gasteiger partial charge in [-0.15, -0.1) is 0 Å². The number of nitrogens with zero attached hydrogens (tertiary/aromatic N) is 1. The Morgan fingerprint density at radius 2 is 2.29 bits per heavy atom. The Bertz CT molecular complexity index is 314. The molecule has 14 heavy (non-hydrogen) atoms. The van der Waals surface area contributed by atoms with E-state index < -0.39 is 10.0 Å². The van der Waals surface area contributed by atoms with Crippen LogP contribution in [0.1, 0.15) is 6.42 Å². The number of likely N-dealkylation sites (tertiary alicyclic amines) is 1. The zero-order valence-corrected chi connectivity index (χ0v) is 8.88. The van der Waals surface area contributed by atoms with Crippen molar-refractivity contribution in [3.63, 3.8) is 0 Å². The first kappa shape index (κ1) is 11.4. The molecule has 0 bridgehead atoms. The zero-order chi connectivity index (χ0) is 10.8. The van der Waals surface area contributed by atoms with E-state index in [4.69, 9.17) is 5.14 Å². The maximum Gasteiger partial charge on any atom is 0.239 e.